The molecule has 0 radical (unpaired) electrons. The Morgan fingerprint density at radius 2 is 1.86 bits per heavy atom. The van der Waals surface area contributed by atoms with Gasteiger partial charge in [0.2, 0.25) is 5.91 Å². The third-order valence-electron chi connectivity index (χ3n) is 4.24. The van der Waals surface area contributed by atoms with Crippen LogP contribution in [0.3, 0.4) is 0 Å². The Morgan fingerprint density at radius 3 is 2.61 bits per heavy atom. The molecule has 0 atom stereocenters. The second-order valence-corrected chi connectivity index (χ2v) is 10.2. The molecule has 144 valence electrons. The Bertz CT molecular complexity index is 1290. The molecule has 0 bridgehead atoms. The summed E-state index contributed by atoms with van der Waals surface area (Å²) in [4.78, 5) is 12.3. The summed E-state index contributed by atoms with van der Waals surface area (Å²) < 4.78 is 32.2. The zero-order valence-electron chi connectivity index (χ0n) is 14.7. The van der Waals surface area contributed by atoms with Crippen LogP contribution in [0.2, 0.25) is 4.34 Å². The van der Waals surface area contributed by atoms with Crippen molar-refractivity contribution in [1.82, 2.24) is 4.31 Å². The maximum absolute atomic E-state index is 12.5. The van der Waals surface area contributed by atoms with Gasteiger partial charge in [0, 0.05) is 29.6 Å². The second-order valence-electron chi connectivity index (χ2n) is 6.18. The van der Waals surface area contributed by atoms with Crippen LogP contribution in [0.5, 0.6) is 0 Å². The van der Waals surface area contributed by atoms with Crippen LogP contribution in [0.4, 0.5) is 5.69 Å². The smallest absolute Gasteiger partial charge is 0.252 e. The van der Waals surface area contributed by atoms with E-state index in [0.29, 0.717) is 15.6 Å². The zero-order chi connectivity index (χ0) is 19.9. The molecule has 28 heavy (non-hydrogen) atoms. The van der Waals surface area contributed by atoms with Gasteiger partial charge in [-0.1, -0.05) is 29.8 Å². The molecule has 0 unspecified atom stereocenters. The Morgan fingerprint density at radius 1 is 1.11 bits per heavy atom. The molecule has 0 aliphatic rings. The first-order valence-corrected chi connectivity index (χ1v) is 10.9. The molecule has 0 saturated heterocycles. The van der Waals surface area contributed by atoms with Crippen molar-refractivity contribution in [2.75, 3.05) is 18.9 Å². The lowest BCUT2D eigenvalue weighted by Crippen LogP contribution is -2.34. The van der Waals surface area contributed by atoms with Gasteiger partial charge in [-0.25, -0.2) is 8.42 Å². The normalized spacial score (nSPS) is 12.1. The highest BCUT2D eigenvalue weighted by atomic mass is 35.5. The number of anilines is 1. The molecule has 0 spiro atoms. The van der Waals surface area contributed by atoms with Gasteiger partial charge in [0.25, 0.3) is 10.0 Å². The van der Waals surface area contributed by atoms with E-state index in [-0.39, 0.29) is 10.8 Å². The number of halogens is 1. The standard InChI is InChI=1S/C19H15ClN2O4S2/c1-22(28(24,25)19-9-8-17(20)27-19)11-18(23)21-12-6-7-14-13-4-2-3-5-15(13)26-16(14)10-12/h2-10H,11H2,1H3,(H,21,23). The van der Waals surface area contributed by atoms with Crippen LogP contribution in [-0.4, -0.2) is 32.2 Å². The van der Waals surface area contributed by atoms with Crippen molar-refractivity contribution in [3.05, 3.63) is 58.9 Å². The van der Waals surface area contributed by atoms with E-state index in [0.717, 1.165) is 32.0 Å². The number of sulfonamides is 1. The molecular formula is C19H15ClN2O4S2. The third-order valence-corrected chi connectivity index (χ3v) is 7.74. The van der Waals surface area contributed by atoms with E-state index >= 15 is 0 Å². The van der Waals surface area contributed by atoms with Crippen LogP contribution < -0.4 is 5.32 Å². The Balaban J connectivity index is 1.51. The molecule has 0 aliphatic carbocycles. The molecule has 0 aliphatic heterocycles. The van der Waals surface area contributed by atoms with Gasteiger partial charge in [0.05, 0.1) is 10.9 Å². The van der Waals surface area contributed by atoms with Crippen molar-refractivity contribution >= 4 is 66.5 Å². The topological polar surface area (TPSA) is 79.6 Å². The maximum atomic E-state index is 12.5. The van der Waals surface area contributed by atoms with Crippen molar-refractivity contribution in [2.45, 2.75) is 4.21 Å². The van der Waals surface area contributed by atoms with Gasteiger partial charge in [-0.2, -0.15) is 4.31 Å². The molecule has 1 amide bonds. The number of hydrogen-bond acceptors (Lipinski definition) is 5. The van der Waals surface area contributed by atoms with E-state index in [9.17, 15) is 13.2 Å². The molecule has 4 rings (SSSR count). The minimum absolute atomic E-state index is 0.0940. The molecule has 0 saturated carbocycles. The van der Waals surface area contributed by atoms with Crippen LogP contribution in [0.15, 0.2) is 63.2 Å². The molecule has 9 heteroatoms. The Labute approximate surface area is 170 Å². The van der Waals surface area contributed by atoms with Gasteiger partial charge in [-0.3, -0.25) is 4.79 Å². The molecule has 6 nitrogen and oxygen atoms in total. The summed E-state index contributed by atoms with van der Waals surface area (Å²) in [7, 11) is -2.42. The van der Waals surface area contributed by atoms with Crippen LogP contribution in [0, 0.1) is 0 Å². The zero-order valence-corrected chi connectivity index (χ0v) is 17.1. The number of nitrogens with zero attached hydrogens (tertiary/aromatic N) is 1. The van der Waals surface area contributed by atoms with E-state index in [1.807, 2.05) is 30.3 Å². The summed E-state index contributed by atoms with van der Waals surface area (Å²) in [6.45, 7) is -0.323. The summed E-state index contributed by atoms with van der Waals surface area (Å²) >= 11 is 6.76. The number of fused-ring (bicyclic) bond motifs is 3. The number of thiophene rings is 1. The van der Waals surface area contributed by atoms with E-state index < -0.39 is 15.9 Å². The average Bonchev–Trinajstić information content (AvgIpc) is 3.24. The van der Waals surface area contributed by atoms with E-state index in [4.69, 9.17) is 16.0 Å². The lowest BCUT2D eigenvalue weighted by Gasteiger charge is -2.15. The molecular weight excluding hydrogens is 420 g/mol. The lowest BCUT2D eigenvalue weighted by molar-refractivity contribution is -0.116. The predicted octanol–water partition coefficient (Wildman–Crippen LogP) is 4.56. The van der Waals surface area contributed by atoms with E-state index in [1.54, 1.807) is 12.1 Å². The fourth-order valence-corrected chi connectivity index (χ4v) is 5.70. The number of rotatable bonds is 5. The number of nitrogens with one attached hydrogen (secondary N) is 1. The minimum Gasteiger partial charge on any atom is -0.456 e. The Hall–Kier alpha value is -2.39. The van der Waals surface area contributed by atoms with E-state index in [2.05, 4.69) is 5.32 Å². The number of benzene rings is 2. The number of hydrogen-bond donors (Lipinski definition) is 1. The number of para-hydroxylation sites is 1. The highest BCUT2D eigenvalue weighted by molar-refractivity contribution is 7.91. The fourth-order valence-electron chi connectivity index (χ4n) is 2.88. The minimum atomic E-state index is -3.77. The number of likely N-dealkylation sites (N-methyl/N-ethyl adjacent to an activating group) is 1. The number of carbonyl (C=O) groups is 1. The SMILES string of the molecule is CN(CC(=O)Nc1ccc2c(c1)oc1ccccc12)S(=O)(=O)c1ccc(Cl)s1. The van der Waals surface area contributed by atoms with Gasteiger partial charge in [-0.15, -0.1) is 11.3 Å². The lowest BCUT2D eigenvalue weighted by atomic mass is 10.1. The second kappa shape index (κ2) is 7.21. The number of amides is 1. The monoisotopic (exact) mass is 434 g/mol. The van der Waals surface area contributed by atoms with Crippen molar-refractivity contribution in [3.63, 3.8) is 0 Å². The predicted molar refractivity (Wildman–Crippen MR) is 111 cm³/mol. The highest BCUT2D eigenvalue weighted by Gasteiger charge is 2.24. The van der Waals surface area contributed by atoms with Crippen molar-refractivity contribution < 1.29 is 17.6 Å². The van der Waals surface area contributed by atoms with Gasteiger partial charge >= 0.3 is 0 Å². The number of furan rings is 1. The van der Waals surface area contributed by atoms with Crippen molar-refractivity contribution in [3.8, 4) is 0 Å². The average molecular weight is 435 g/mol. The van der Waals surface area contributed by atoms with Gasteiger partial charge in [0.1, 0.15) is 15.4 Å². The fraction of sp³-hybridized carbons (Fsp3) is 0.105. The Kier molecular flexibility index (Phi) is 4.88. The first kappa shape index (κ1) is 18.9. The first-order chi connectivity index (χ1) is 13.3. The first-order valence-electron chi connectivity index (χ1n) is 8.27. The van der Waals surface area contributed by atoms with Crippen LogP contribution in [0.25, 0.3) is 21.9 Å². The third kappa shape index (κ3) is 3.51. The van der Waals surface area contributed by atoms with Gasteiger partial charge in [0.15, 0.2) is 0 Å². The molecule has 2 aromatic heterocycles. The molecule has 2 aromatic carbocycles. The van der Waals surface area contributed by atoms with Gasteiger partial charge in [-0.05, 0) is 30.3 Å². The quantitative estimate of drug-likeness (QED) is 0.499. The molecule has 2 heterocycles. The van der Waals surface area contributed by atoms with Gasteiger partial charge < -0.3 is 9.73 Å². The van der Waals surface area contributed by atoms with Crippen LogP contribution in [0.1, 0.15) is 0 Å². The summed E-state index contributed by atoms with van der Waals surface area (Å²) in [5.41, 5.74) is 1.94. The summed E-state index contributed by atoms with van der Waals surface area (Å²) in [6, 6.07) is 16.0. The summed E-state index contributed by atoms with van der Waals surface area (Å²) in [5.74, 6) is -0.454. The molecule has 4 aromatic rings. The van der Waals surface area contributed by atoms with E-state index in [1.165, 1.54) is 19.2 Å². The largest absolute Gasteiger partial charge is 0.456 e. The maximum Gasteiger partial charge on any atom is 0.252 e. The number of carbonyl (C=O) groups excluding carboxylic acids is 1. The highest BCUT2D eigenvalue weighted by Crippen LogP contribution is 2.30. The van der Waals surface area contributed by atoms with Crippen molar-refractivity contribution in [2.24, 2.45) is 0 Å². The van der Waals surface area contributed by atoms with Crippen LogP contribution >= 0.6 is 22.9 Å². The van der Waals surface area contributed by atoms with Crippen LogP contribution in [-0.2, 0) is 14.8 Å². The molecule has 1 N–H and O–H groups in total. The van der Waals surface area contributed by atoms with Crippen molar-refractivity contribution in [1.29, 1.82) is 0 Å². The molecule has 0 fully saturated rings. The summed E-state index contributed by atoms with van der Waals surface area (Å²) in [5, 5.41) is 4.65. The summed E-state index contributed by atoms with van der Waals surface area (Å²) in [6.07, 6.45) is 0.